The molecule has 0 saturated carbocycles. The highest BCUT2D eigenvalue weighted by Crippen LogP contribution is 2.35. The van der Waals surface area contributed by atoms with Crippen molar-refractivity contribution >= 4 is 43.1 Å². The first-order valence-corrected chi connectivity index (χ1v) is 16.4. The van der Waals surface area contributed by atoms with Crippen molar-refractivity contribution in [3.8, 4) is 33.6 Å². The third-order valence-corrected chi connectivity index (χ3v) is 8.64. The Morgan fingerprint density at radius 2 is 1.49 bits per heavy atom. The van der Waals surface area contributed by atoms with Crippen molar-refractivity contribution in [1.29, 1.82) is 0 Å². The van der Waals surface area contributed by atoms with Gasteiger partial charge in [0, 0.05) is 33.0 Å². The van der Waals surface area contributed by atoms with E-state index in [4.69, 9.17) is 9.66 Å². The molecule has 7 nitrogen and oxygen atoms in total. The highest BCUT2D eigenvalue weighted by molar-refractivity contribution is 9.10. The Balaban J connectivity index is 0.000000196. The zero-order valence-electron chi connectivity index (χ0n) is 23.0. The number of ketones is 1. The van der Waals surface area contributed by atoms with Gasteiger partial charge in [0.05, 0.1) is 21.7 Å². The number of aryl methyl sites for hydroxylation is 1. The first kappa shape index (κ1) is 30.2. The molecule has 0 amide bonds. The van der Waals surface area contributed by atoms with E-state index in [2.05, 4.69) is 26.1 Å². The Morgan fingerprint density at radius 1 is 0.860 bits per heavy atom. The molecule has 0 spiro atoms. The number of carbonyl (C=O) groups is 1. The number of halogens is 1. The summed E-state index contributed by atoms with van der Waals surface area (Å²) < 4.78 is 29.3. The predicted octanol–water partition coefficient (Wildman–Crippen LogP) is 7.96. The molecule has 0 aliphatic heterocycles. The van der Waals surface area contributed by atoms with Gasteiger partial charge in [0.15, 0.2) is 5.78 Å². The average Bonchev–Trinajstić information content (AvgIpc) is 3.69. The summed E-state index contributed by atoms with van der Waals surface area (Å²) in [7, 11) is -3.73. The highest BCUT2D eigenvalue weighted by Gasteiger charge is 2.18. The van der Waals surface area contributed by atoms with Crippen LogP contribution in [0.1, 0.15) is 21.7 Å². The summed E-state index contributed by atoms with van der Waals surface area (Å²) >= 11 is 4.90. The molecule has 2 heterocycles. The molecule has 0 fully saturated rings. The van der Waals surface area contributed by atoms with Gasteiger partial charge in [-0.2, -0.15) is 0 Å². The van der Waals surface area contributed by atoms with Crippen LogP contribution in [0, 0.1) is 6.92 Å². The van der Waals surface area contributed by atoms with Crippen LogP contribution >= 0.6 is 27.3 Å². The SMILES string of the molecule is Cc1onc(-c2ccc(-c3cscn3)cc2)c1-c1ccc(S(N)(=O)=O)cc1.O=C(Cc1ccccc1)c1ccc(Br)cc1. The lowest BCUT2D eigenvalue weighted by Gasteiger charge is -2.05. The van der Waals surface area contributed by atoms with Crippen molar-refractivity contribution in [2.45, 2.75) is 18.2 Å². The van der Waals surface area contributed by atoms with Crippen LogP contribution in [0.2, 0.25) is 0 Å². The van der Waals surface area contributed by atoms with Gasteiger partial charge < -0.3 is 4.52 Å². The van der Waals surface area contributed by atoms with Gasteiger partial charge in [0.1, 0.15) is 11.5 Å². The minimum absolute atomic E-state index is 0.0644. The van der Waals surface area contributed by atoms with Gasteiger partial charge in [-0.05, 0) is 42.3 Å². The number of sulfonamides is 1. The lowest BCUT2D eigenvalue weighted by molar-refractivity contribution is 0.0993. The second-order valence-corrected chi connectivity index (χ2v) is 12.8. The molecule has 43 heavy (non-hydrogen) atoms. The fourth-order valence-electron chi connectivity index (χ4n) is 4.39. The molecule has 0 bridgehead atoms. The molecule has 2 aromatic heterocycles. The summed E-state index contributed by atoms with van der Waals surface area (Å²) in [4.78, 5) is 16.3. The molecule has 0 radical (unpaired) electrons. The summed E-state index contributed by atoms with van der Waals surface area (Å²) in [5.41, 5.74) is 8.78. The highest BCUT2D eigenvalue weighted by atomic mass is 79.9. The minimum Gasteiger partial charge on any atom is -0.360 e. The van der Waals surface area contributed by atoms with Gasteiger partial charge in [0.25, 0.3) is 0 Å². The lowest BCUT2D eigenvalue weighted by Crippen LogP contribution is -2.11. The number of thiazole rings is 1. The fourth-order valence-corrected chi connectivity index (χ4v) is 5.73. The molecule has 0 unspecified atom stereocenters. The Bertz CT molecular complexity index is 1920. The van der Waals surface area contributed by atoms with Crippen molar-refractivity contribution in [2.24, 2.45) is 5.14 Å². The molecule has 2 N–H and O–H groups in total. The number of nitrogens with two attached hydrogens (primary N) is 1. The first-order chi connectivity index (χ1) is 20.7. The van der Waals surface area contributed by atoms with Gasteiger partial charge in [0.2, 0.25) is 10.0 Å². The Hall–Kier alpha value is -4.22. The Morgan fingerprint density at radius 3 is 2.09 bits per heavy atom. The van der Waals surface area contributed by atoms with Crippen LogP contribution < -0.4 is 5.14 Å². The quantitative estimate of drug-likeness (QED) is 0.172. The number of rotatable bonds is 7. The summed E-state index contributed by atoms with van der Waals surface area (Å²) in [5, 5.41) is 11.4. The summed E-state index contributed by atoms with van der Waals surface area (Å²) in [6.07, 6.45) is 0.461. The van der Waals surface area contributed by atoms with Gasteiger partial charge in [-0.1, -0.05) is 99.9 Å². The van der Waals surface area contributed by atoms with Crippen LogP contribution in [0.4, 0.5) is 0 Å². The van der Waals surface area contributed by atoms with E-state index in [0.717, 1.165) is 43.5 Å². The van der Waals surface area contributed by atoms with Crippen LogP contribution in [-0.4, -0.2) is 24.3 Å². The van der Waals surface area contributed by atoms with Gasteiger partial charge in [-0.3, -0.25) is 4.79 Å². The van der Waals surface area contributed by atoms with Crippen LogP contribution in [-0.2, 0) is 16.4 Å². The second-order valence-electron chi connectivity index (χ2n) is 9.58. The summed E-state index contributed by atoms with van der Waals surface area (Å²) in [6.45, 7) is 1.82. The van der Waals surface area contributed by atoms with E-state index in [9.17, 15) is 13.2 Å². The molecular formula is C33H26BrN3O4S2. The molecule has 0 aliphatic carbocycles. The number of carbonyl (C=O) groups excluding carboxylic acids is 1. The van der Waals surface area contributed by atoms with E-state index in [1.54, 1.807) is 29.0 Å². The van der Waals surface area contributed by atoms with Crippen LogP contribution in [0.5, 0.6) is 0 Å². The van der Waals surface area contributed by atoms with E-state index in [1.165, 1.54) is 12.1 Å². The van der Waals surface area contributed by atoms with E-state index < -0.39 is 10.0 Å². The number of Topliss-reactive ketones (excluding diaryl/α,β-unsaturated/α-hetero) is 1. The van der Waals surface area contributed by atoms with Crippen molar-refractivity contribution in [3.05, 3.63) is 135 Å². The summed E-state index contributed by atoms with van der Waals surface area (Å²) in [6, 6.07) is 31.5. The van der Waals surface area contributed by atoms with Gasteiger partial charge >= 0.3 is 0 Å². The molecule has 0 aliphatic rings. The average molecular weight is 673 g/mol. The molecule has 6 aromatic rings. The molecule has 10 heteroatoms. The lowest BCUT2D eigenvalue weighted by atomic mass is 9.98. The number of hydrogen-bond acceptors (Lipinski definition) is 7. The number of hydrogen-bond donors (Lipinski definition) is 1. The number of aromatic nitrogens is 2. The Kier molecular flexibility index (Phi) is 9.42. The smallest absolute Gasteiger partial charge is 0.238 e. The third-order valence-electron chi connectivity index (χ3n) is 6.59. The maximum absolute atomic E-state index is 11.9. The fraction of sp³-hybridized carbons (Fsp3) is 0.0606. The zero-order valence-corrected chi connectivity index (χ0v) is 26.2. The van der Waals surface area contributed by atoms with Crippen molar-refractivity contribution in [3.63, 3.8) is 0 Å². The largest absolute Gasteiger partial charge is 0.360 e. The van der Waals surface area contributed by atoms with Crippen molar-refractivity contribution < 1.29 is 17.7 Å². The third kappa shape index (κ3) is 7.60. The zero-order chi connectivity index (χ0) is 30.4. The number of benzene rings is 4. The molecule has 6 rings (SSSR count). The second kappa shape index (κ2) is 13.4. The maximum Gasteiger partial charge on any atom is 0.238 e. The van der Waals surface area contributed by atoms with E-state index in [1.807, 2.05) is 91.2 Å². The van der Waals surface area contributed by atoms with Gasteiger partial charge in [-0.25, -0.2) is 18.5 Å². The number of primary sulfonamides is 1. The number of nitrogens with zero attached hydrogens (tertiary/aromatic N) is 2. The molecular weight excluding hydrogens is 646 g/mol. The van der Waals surface area contributed by atoms with E-state index >= 15 is 0 Å². The Labute approximate surface area is 262 Å². The topological polar surface area (TPSA) is 116 Å². The van der Waals surface area contributed by atoms with Crippen LogP contribution in [0.3, 0.4) is 0 Å². The molecule has 0 atom stereocenters. The first-order valence-electron chi connectivity index (χ1n) is 13.1. The standard InChI is InChI=1S/C19H15N3O3S2.C14H11BrO/c1-12-18(14-6-8-16(9-7-14)27(20,23)24)19(22-25-12)15-4-2-13(3-5-15)17-10-26-11-21-17;15-13-8-6-12(7-9-13)14(16)10-11-4-2-1-3-5-11/h2-11H,1H3,(H2,20,23,24);1-9H,10H2. The van der Waals surface area contributed by atoms with Crippen LogP contribution in [0.15, 0.2) is 128 Å². The van der Waals surface area contributed by atoms with Crippen LogP contribution in [0.25, 0.3) is 33.6 Å². The maximum atomic E-state index is 11.9. The molecule has 4 aromatic carbocycles. The van der Waals surface area contributed by atoms with Crippen molar-refractivity contribution in [2.75, 3.05) is 0 Å². The summed E-state index contributed by atoms with van der Waals surface area (Å²) in [5.74, 6) is 0.802. The van der Waals surface area contributed by atoms with E-state index in [0.29, 0.717) is 17.9 Å². The molecule has 216 valence electrons. The van der Waals surface area contributed by atoms with Crippen molar-refractivity contribution in [1.82, 2.24) is 10.1 Å². The van der Waals surface area contributed by atoms with Gasteiger partial charge in [-0.15, -0.1) is 11.3 Å². The minimum atomic E-state index is -3.73. The normalized spacial score (nSPS) is 11.0. The monoisotopic (exact) mass is 671 g/mol. The van der Waals surface area contributed by atoms with E-state index in [-0.39, 0.29) is 10.7 Å². The molecule has 0 saturated heterocycles. The predicted molar refractivity (Wildman–Crippen MR) is 173 cm³/mol.